The van der Waals surface area contributed by atoms with E-state index >= 15 is 0 Å². The molecule has 4 heteroatoms. The smallest absolute Gasteiger partial charge is 0.205 e. The first-order valence-corrected chi connectivity index (χ1v) is 7.57. The van der Waals surface area contributed by atoms with Gasteiger partial charge in [-0.2, -0.15) is 5.26 Å². The number of rotatable bonds is 1. The van der Waals surface area contributed by atoms with Crippen LogP contribution in [0.3, 0.4) is 0 Å². The van der Waals surface area contributed by atoms with Gasteiger partial charge in [0.15, 0.2) is 0 Å². The molecule has 0 radical (unpaired) electrons. The maximum absolute atomic E-state index is 9.63. The number of aromatic hydroxyl groups is 1. The van der Waals surface area contributed by atoms with Gasteiger partial charge in [-0.15, -0.1) is 0 Å². The SMILES string of the molecule is N#CC1=C(N)Oc2ccc3ccccc3c2C1c1ccc(O)cc1. The fourth-order valence-electron chi connectivity index (χ4n) is 3.24. The minimum absolute atomic E-state index is 0.123. The van der Waals surface area contributed by atoms with Crippen molar-refractivity contribution in [1.82, 2.24) is 0 Å². The summed E-state index contributed by atoms with van der Waals surface area (Å²) in [5, 5.41) is 21.3. The molecule has 4 rings (SSSR count). The molecule has 0 fully saturated rings. The van der Waals surface area contributed by atoms with E-state index in [0.29, 0.717) is 11.3 Å². The molecule has 0 aliphatic carbocycles. The molecule has 0 saturated heterocycles. The number of ether oxygens (including phenoxy) is 1. The van der Waals surface area contributed by atoms with Gasteiger partial charge >= 0.3 is 0 Å². The van der Waals surface area contributed by atoms with Gasteiger partial charge in [0.05, 0.1) is 5.92 Å². The third-order valence-corrected chi connectivity index (χ3v) is 4.34. The number of phenols is 1. The number of fused-ring (bicyclic) bond motifs is 3. The highest BCUT2D eigenvalue weighted by Crippen LogP contribution is 2.45. The summed E-state index contributed by atoms with van der Waals surface area (Å²) in [5.74, 6) is 0.631. The van der Waals surface area contributed by atoms with Gasteiger partial charge in [-0.05, 0) is 34.5 Å². The van der Waals surface area contributed by atoms with Crippen LogP contribution in [0.25, 0.3) is 10.8 Å². The molecule has 116 valence electrons. The Bertz CT molecular complexity index is 1010. The number of nitriles is 1. The van der Waals surface area contributed by atoms with Gasteiger partial charge in [-0.1, -0.05) is 42.5 Å². The van der Waals surface area contributed by atoms with Crippen LogP contribution in [-0.4, -0.2) is 5.11 Å². The second kappa shape index (κ2) is 5.32. The lowest BCUT2D eigenvalue weighted by molar-refractivity contribution is 0.395. The van der Waals surface area contributed by atoms with Crippen LogP contribution in [0.4, 0.5) is 0 Å². The average molecular weight is 314 g/mol. The lowest BCUT2D eigenvalue weighted by atomic mass is 9.81. The number of hydrogen-bond donors (Lipinski definition) is 2. The number of phenolic OH excluding ortho intramolecular Hbond substituents is 1. The van der Waals surface area contributed by atoms with Crippen molar-refractivity contribution in [3.8, 4) is 17.6 Å². The Hall–Kier alpha value is -3.45. The highest BCUT2D eigenvalue weighted by molar-refractivity contribution is 5.90. The van der Waals surface area contributed by atoms with Crippen molar-refractivity contribution in [2.45, 2.75) is 5.92 Å². The number of hydrogen-bond acceptors (Lipinski definition) is 4. The molecule has 1 heterocycles. The molecular weight excluding hydrogens is 300 g/mol. The van der Waals surface area contributed by atoms with Crippen molar-refractivity contribution in [1.29, 1.82) is 5.26 Å². The molecule has 0 amide bonds. The zero-order valence-corrected chi connectivity index (χ0v) is 12.7. The molecule has 3 aromatic rings. The van der Waals surface area contributed by atoms with Crippen LogP contribution in [0.5, 0.6) is 11.5 Å². The monoisotopic (exact) mass is 314 g/mol. The van der Waals surface area contributed by atoms with Crippen LogP contribution < -0.4 is 10.5 Å². The Balaban J connectivity index is 2.05. The minimum Gasteiger partial charge on any atom is -0.508 e. The highest BCUT2D eigenvalue weighted by atomic mass is 16.5. The van der Waals surface area contributed by atoms with Crippen molar-refractivity contribution >= 4 is 10.8 Å². The van der Waals surface area contributed by atoms with Gasteiger partial charge < -0.3 is 15.6 Å². The average Bonchev–Trinajstić information content (AvgIpc) is 2.61. The van der Waals surface area contributed by atoms with E-state index in [-0.39, 0.29) is 17.6 Å². The Kier molecular flexibility index (Phi) is 3.14. The van der Waals surface area contributed by atoms with Gasteiger partial charge in [0, 0.05) is 5.56 Å². The van der Waals surface area contributed by atoms with E-state index in [9.17, 15) is 10.4 Å². The van der Waals surface area contributed by atoms with Crippen LogP contribution in [0.2, 0.25) is 0 Å². The summed E-state index contributed by atoms with van der Waals surface area (Å²) in [5.41, 5.74) is 8.17. The number of allylic oxidation sites excluding steroid dienone is 1. The molecule has 0 spiro atoms. The summed E-state index contributed by atoms with van der Waals surface area (Å²) in [6, 6.07) is 20.9. The van der Waals surface area contributed by atoms with Crippen molar-refractivity contribution in [2.24, 2.45) is 5.73 Å². The van der Waals surface area contributed by atoms with Gasteiger partial charge in [0.2, 0.25) is 5.88 Å². The zero-order valence-electron chi connectivity index (χ0n) is 12.7. The van der Waals surface area contributed by atoms with Gasteiger partial charge in [-0.25, -0.2) is 0 Å². The van der Waals surface area contributed by atoms with Gasteiger partial charge in [0.25, 0.3) is 0 Å². The van der Waals surface area contributed by atoms with E-state index in [0.717, 1.165) is 21.9 Å². The van der Waals surface area contributed by atoms with E-state index in [1.54, 1.807) is 12.1 Å². The third-order valence-electron chi connectivity index (χ3n) is 4.34. The standard InChI is InChI=1S/C20H14N2O2/c21-11-16-18(13-5-8-14(23)9-6-13)19-15-4-2-1-3-12(15)7-10-17(19)24-20(16)22/h1-10,18,23H,22H2. The second-order valence-corrected chi connectivity index (χ2v) is 5.71. The van der Waals surface area contributed by atoms with E-state index in [1.165, 1.54) is 0 Å². The predicted octanol–water partition coefficient (Wildman–Crippen LogP) is 3.76. The summed E-state index contributed by atoms with van der Waals surface area (Å²) < 4.78 is 5.70. The second-order valence-electron chi connectivity index (χ2n) is 5.71. The summed E-state index contributed by atoms with van der Waals surface area (Å²) in [4.78, 5) is 0. The largest absolute Gasteiger partial charge is 0.508 e. The molecule has 1 atom stereocenters. The third kappa shape index (κ3) is 2.07. The fraction of sp³-hybridized carbons (Fsp3) is 0.0500. The first-order chi connectivity index (χ1) is 11.7. The van der Waals surface area contributed by atoms with Crippen molar-refractivity contribution < 1.29 is 9.84 Å². The van der Waals surface area contributed by atoms with Crippen molar-refractivity contribution in [2.75, 3.05) is 0 Å². The number of nitrogens with two attached hydrogens (primary N) is 1. The lowest BCUT2D eigenvalue weighted by Gasteiger charge is -2.27. The molecule has 24 heavy (non-hydrogen) atoms. The Labute approximate surface area is 139 Å². The van der Waals surface area contributed by atoms with Gasteiger partial charge in [0.1, 0.15) is 23.1 Å². The number of nitrogens with zero attached hydrogens (tertiary/aromatic N) is 1. The molecule has 1 aliphatic rings. The summed E-state index contributed by atoms with van der Waals surface area (Å²) in [6.45, 7) is 0. The summed E-state index contributed by atoms with van der Waals surface area (Å²) in [7, 11) is 0. The maximum Gasteiger partial charge on any atom is 0.205 e. The summed E-state index contributed by atoms with van der Waals surface area (Å²) in [6.07, 6.45) is 0. The fourth-order valence-corrected chi connectivity index (χ4v) is 3.24. The molecule has 0 aromatic heterocycles. The Morgan fingerprint density at radius 3 is 2.50 bits per heavy atom. The van der Waals surface area contributed by atoms with Crippen LogP contribution in [0, 0.1) is 11.3 Å². The van der Waals surface area contributed by atoms with Crippen LogP contribution in [0.1, 0.15) is 17.0 Å². The van der Waals surface area contributed by atoms with E-state index in [4.69, 9.17) is 10.5 Å². The molecule has 3 N–H and O–H groups in total. The van der Waals surface area contributed by atoms with Crippen molar-refractivity contribution in [3.63, 3.8) is 0 Å². The molecule has 1 unspecified atom stereocenters. The Morgan fingerprint density at radius 2 is 1.75 bits per heavy atom. The maximum atomic E-state index is 9.63. The van der Waals surface area contributed by atoms with Crippen molar-refractivity contribution in [3.05, 3.63) is 83.2 Å². The number of benzene rings is 3. The highest BCUT2D eigenvalue weighted by Gasteiger charge is 2.32. The van der Waals surface area contributed by atoms with Gasteiger partial charge in [-0.3, -0.25) is 0 Å². The molecular formula is C20H14N2O2. The molecule has 0 bridgehead atoms. The molecule has 1 aliphatic heterocycles. The molecule has 0 saturated carbocycles. The minimum atomic E-state index is -0.328. The van der Waals surface area contributed by atoms with E-state index in [1.807, 2.05) is 48.5 Å². The first kappa shape index (κ1) is 14.2. The quantitative estimate of drug-likeness (QED) is 0.716. The van der Waals surface area contributed by atoms with Crippen LogP contribution in [-0.2, 0) is 0 Å². The lowest BCUT2D eigenvalue weighted by Crippen LogP contribution is -2.21. The normalized spacial score (nSPS) is 16.4. The molecule has 3 aromatic carbocycles. The van der Waals surface area contributed by atoms with Crippen LogP contribution >= 0.6 is 0 Å². The first-order valence-electron chi connectivity index (χ1n) is 7.57. The van der Waals surface area contributed by atoms with Crippen LogP contribution in [0.15, 0.2) is 72.1 Å². The molecule has 4 nitrogen and oxygen atoms in total. The zero-order chi connectivity index (χ0) is 16.7. The topological polar surface area (TPSA) is 79.3 Å². The Morgan fingerprint density at radius 1 is 1.00 bits per heavy atom. The van der Waals surface area contributed by atoms with E-state index in [2.05, 4.69) is 6.07 Å². The van der Waals surface area contributed by atoms with E-state index < -0.39 is 0 Å². The predicted molar refractivity (Wildman–Crippen MR) is 91.4 cm³/mol. The summed E-state index contributed by atoms with van der Waals surface area (Å²) >= 11 is 0.